The minimum Gasteiger partial charge on any atom is -0.481 e. The first kappa shape index (κ1) is 12.2. The van der Waals surface area contributed by atoms with Gasteiger partial charge in [-0.3, -0.25) is 4.79 Å². The molecule has 0 spiro atoms. The fraction of sp³-hybridized carbons (Fsp3) is 0.0769. The highest BCUT2D eigenvalue weighted by atomic mass is 19.1. The van der Waals surface area contributed by atoms with Crippen LogP contribution in [0.15, 0.2) is 36.4 Å². The third-order valence-electron chi connectivity index (χ3n) is 2.35. The van der Waals surface area contributed by atoms with E-state index in [0.717, 1.165) is 6.07 Å². The van der Waals surface area contributed by atoms with Gasteiger partial charge < -0.3 is 5.11 Å². The van der Waals surface area contributed by atoms with Crippen LogP contribution in [0.25, 0.3) is 11.3 Å². The average Bonchev–Trinajstić information content (AvgIpc) is 2.28. The Balaban J connectivity index is 2.41. The summed E-state index contributed by atoms with van der Waals surface area (Å²) in [5.74, 6) is -2.21. The minimum absolute atomic E-state index is 0.284. The third-order valence-corrected chi connectivity index (χ3v) is 2.35. The van der Waals surface area contributed by atoms with Crippen LogP contribution in [0.5, 0.6) is 0 Å². The van der Waals surface area contributed by atoms with Crippen LogP contribution in [0, 0.1) is 11.8 Å². The SMILES string of the molecule is O=C(O)Cc1cc(F)nc(-c2ccc(F)cc2)c1. The molecule has 0 radical (unpaired) electrons. The maximum Gasteiger partial charge on any atom is 0.307 e. The van der Waals surface area contributed by atoms with Gasteiger partial charge in [0, 0.05) is 5.56 Å². The van der Waals surface area contributed by atoms with Crippen LogP contribution in [0.1, 0.15) is 5.56 Å². The van der Waals surface area contributed by atoms with Gasteiger partial charge >= 0.3 is 5.97 Å². The summed E-state index contributed by atoms with van der Waals surface area (Å²) >= 11 is 0. The lowest BCUT2D eigenvalue weighted by molar-refractivity contribution is -0.136. The average molecular weight is 249 g/mol. The topological polar surface area (TPSA) is 50.2 Å². The third kappa shape index (κ3) is 2.88. The van der Waals surface area contributed by atoms with Crippen molar-refractivity contribution in [3.8, 4) is 11.3 Å². The monoisotopic (exact) mass is 249 g/mol. The molecule has 0 unspecified atom stereocenters. The predicted octanol–water partition coefficient (Wildman–Crippen LogP) is 2.65. The van der Waals surface area contributed by atoms with Crippen LogP contribution >= 0.6 is 0 Å². The van der Waals surface area contributed by atoms with Gasteiger partial charge in [0.1, 0.15) is 5.82 Å². The van der Waals surface area contributed by atoms with Gasteiger partial charge in [-0.1, -0.05) is 0 Å². The lowest BCUT2D eigenvalue weighted by atomic mass is 10.1. The summed E-state index contributed by atoms with van der Waals surface area (Å²) in [6.45, 7) is 0. The fourth-order valence-electron chi connectivity index (χ4n) is 1.60. The largest absolute Gasteiger partial charge is 0.481 e. The number of aliphatic carboxylic acids is 1. The highest BCUT2D eigenvalue weighted by molar-refractivity contribution is 5.71. The Labute approximate surface area is 102 Å². The Morgan fingerprint density at radius 3 is 2.44 bits per heavy atom. The van der Waals surface area contributed by atoms with Gasteiger partial charge in [0.2, 0.25) is 5.95 Å². The molecule has 0 aliphatic carbocycles. The number of carboxylic acid groups (broad SMARTS) is 1. The van der Waals surface area contributed by atoms with E-state index < -0.39 is 17.7 Å². The normalized spacial score (nSPS) is 10.3. The predicted molar refractivity (Wildman–Crippen MR) is 60.9 cm³/mol. The standard InChI is InChI=1S/C13H9F2NO2/c14-10-3-1-9(2-4-10)11-5-8(7-13(17)18)6-12(15)16-11/h1-6H,7H2,(H,17,18). The smallest absolute Gasteiger partial charge is 0.307 e. The lowest BCUT2D eigenvalue weighted by Gasteiger charge is -2.04. The molecule has 0 aliphatic heterocycles. The molecule has 18 heavy (non-hydrogen) atoms. The second-order valence-corrected chi connectivity index (χ2v) is 3.76. The first-order valence-electron chi connectivity index (χ1n) is 5.19. The molecule has 5 heteroatoms. The molecular formula is C13H9F2NO2. The Morgan fingerprint density at radius 1 is 1.17 bits per heavy atom. The van der Waals surface area contributed by atoms with Crippen molar-refractivity contribution in [2.75, 3.05) is 0 Å². The van der Waals surface area contributed by atoms with Crippen LogP contribution in [0.2, 0.25) is 0 Å². The number of rotatable bonds is 3. The Kier molecular flexibility index (Phi) is 3.32. The van der Waals surface area contributed by atoms with Gasteiger partial charge in [-0.25, -0.2) is 9.37 Å². The summed E-state index contributed by atoms with van der Waals surface area (Å²) < 4.78 is 26.0. The van der Waals surface area contributed by atoms with Gasteiger partial charge in [0.15, 0.2) is 0 Å². The minimum atomic E-state index is -1.05. The maximum atomic E-state index is 13.3. The molecule has 3 nitrogen and oxygen atoms in total. The van der Waals surface area contributed by atoms with E-state index >= 15 is 0 Å². The summed E-state index contributed by atoms with van der Waals surface area (Å²) in [5, 5.41) is 8.66. The molecule has 0 saturated carbocycles. The second kappa shape index (κ2) is 4.91. The van der Waals surface area contributed by atoms with E-state index in [1.165, 1.54) is 30.3 Å². The summed E-state index contributed by atoms with van der Waals surface area (Å²) in [7, 11) is 0. The molecule has 0 fully saturated rings. The van der Waals surface area contributed by atoms with Crippen molar-refractivity contribution in [1.82, 2.24) is 4.98 Å². The van der Waals surface area contributed by atoms with Crippen molar-refractivity contribution in [2.45, 2.75) is 6.42 Å². The molecule has 1 heterocycles. The molecular weight excluding hydrogens is 240 g/mol. The van der Waals surface area contributed by atoms with Crippen LogP contribution in [0.4, 0.5) is 8.78 Å². The van der Waals surface area contributed by atoms with E-state index in [2.05, 4.69) is 4.98 Å². The van der Waals surface area contributed by atoms with Crippen molar-refractivity contribution < 1.29 is 18.7 Å². The van der Waals surface area contributed by atoms with Crippen molar-refractivity contribution >= 4 is 5.97 Å². The first-order valence-corrected chi connectivity index (χ1v) is 5.19. The molecule has 0 atom stereocenters. The van der Waals surface area contributed by atoms with Crippen molar-refractivity contribution in [3.63, 3.8) is 0 Å². The van der Waals surface area contributed by atoms with Crippen LogP contribution in [-0.4, -0.2) is 16.1 Å². The molecule has 2 aromatic rings. The van der Waals surface area contributed by atoms with Gasteiger partial charge in [-0.2, -0.15) is 4.39 Å². The molecule has 0 bridgehead atoms. The number of benzene rings is 1. The Bertz CT molecular complexity index is 582. The number of hydrogen-bond donors (Lipinski definition) is 1. The maximum absolute atomic E-state index is 13.3. The molecule has 0 aliphatic rings. The number of carboxylic acids is 1. The number of aromatic nitrogens is 1. The molecule has 1 N–H and O–H groups in total. The van der Waals surface area contributed by atoms with Gasteiger partial charge in [-0.15, -0.1) is 0 Å². The van der Waals surface area contributed by atoms with Crippen molar-refractivity contribution in [3.05, 3.63) is 53.7 Å². The summed E-state index contributed by atoms with van der Waals surface area (Å²) in [4.78, 5) is 14.2. The first-order chi connectivity index (χ1) is 8.54. The summed E-state index contributed by atoms with van der Waals surface area (Å²) in [6.07, 6.45) is -0.284. The van der Waals surface area contributed by atoms with E-state index in [1.54, 1.807) is 0 Å². The van der Waals surface area contributed by atoms with E-state index in [1.807, 2.05) is 0 Å². The molecule has 1 aromatic heterocycles. The summed E-state index contributed by atoms with van der Waals surface area (Å²) in [6, 6.07) is 7.94. The van der Waals surface area contributed by atoms with Crippen molar-refractivity contribution in [1.29, 1.82) is 0 Å². The molecule has 1 aromatic carbocycles. The van der Waals surface area contributed by atoms with Crippen LogP contribution in [-0.2, 0) is 11.2 Å². The number of carbonyl (C=O) groups is 1. The quantitative estimate of drug-likeness (QED) is 0.851. The van der Waals surface area contributed by atoms with Gasteiger partial charge in [0.05, 0.1) is 12.1 Å². The number of pyridine rings is 1. The molecule has 0 saturated heterocycles. The Hall–Kier alpha value is -2.30. The fourth-order valence-corrected chi connectivity index (χ4v) is 1.60. The summed E-state index contributed by atoms with van der Waals surface area (Å²) in [5.41, 5.74) is 1.13. The van der Waals surface area contributed by atoms with Gasteiger partial charge in [0.25, 0.3) is 0 Å². The molecule has 92 valence electrons. The van der Waals surface area contributed by atoms with Gasteiger partial charge in [-0.05, 0) is 42.0 Å². The highest BCUT2D eigenvalue weighted by Crippen LogP contribution is 2.19. The number of halogens is 2. The molecule has 0 amide bonds. The zero-order valence-corrected chi connectivity index (χ0v) is 9.23. The van der Waals surface area contributed by atoms with E-state index in [9.17, 15) is 13.6 Å². The van der Waals surface area contributed by atoms with E-state index in [0.29, 0.717) is 11.1 Å². The zero-order chi connectivity index (χ0) is 13.1. The number of nitrogens with zero attached hydrogens (tertiary/aromatic N) is 1. The highest BCUT2D eigenvalue weighted by Gasteiger charge is 2.08. The zero-order valence-electron chi connectivity index (χ0n) is 9.23. The molecule has 2 rings (SSSR count). The Morgan fingerprint density at radius 2 is 1.83 bits per heavy atom. The van der Waals surface area contributed by atoms with E-state index in [4.69, 9.17) is 5.11 Å². The number of hydrogen-bond acceptors (Lipinski definition) is 2. The lowest BCUT2D eigenvalue weighted by Crippen LogP contribution is -2.02. The van der Waals surface area contributed by atoms with Crippen molar-refractivity contribution in [2.24, 2.45) is 0 Å². The second-order valence-electron chi connectivity index (χ2n) is 3.76. The van der Waals surface area contributed by atoms with E-state index in [-0.39, 0.29) is 12.1 Å². The van der Waals surface area contributed by atoms with Crippen LogP contribution < -0.4 is 0 Å². The van der Waals surface area contributed by atoms with Crippen LogP contribution in [0.3, 0.4) is 0 Å².